The van der Waals surface area contributed by atoms with Crippen LogP contribution in [0.1, 0.15) is 24.8 Å². The number of sulfone groups is 1. The summed E-state index contributed by atoms with van der Waals surface area (Å²) in [5, 5.41) is 14.0. The van der Waals surface area contributed by atoms with Gasteiger partial charge in [-0.15, -0.1) is 0 Å². The van der Waals surface area contributed by atoms with Crippen molar-refractivity contribution in [3.63, 3.8) is 0 Å². The van der Waals surface area contributed by atoms with Crippen molar-refractivity contribution in [2.45, 2.75) is 31.5 Å². The minimum atomic E-state index is -4.68. The lowest BCUT2D eigenvalue weighted by Gasteiger charge is -2.33. The zero-order chi connectivity index (χ0) is 21.4. The van der Waals surface area contributed by atoms with Gasteiger partial charge in [-0.2, -0.15) is 13.2 Å². The second kappa shape index (κ2) is 7.81. The standard InChI is InChI=1S/C17H20F3N3O5S/c18-17(19,20)12-1-2-14(15(9-12)23(25)26)22-6-3-11(4-7-22)16(24)21-13-5-8-29(27,28)10-13/h1-2,9,11,13H,3-8,10H2,(H,21,24). The average Bonchev–Trinajstić information content (AvgIpc) is 2.99. The van der Waals surface area contributed by atoms with E-state index in [0.717, 1.165) is 12.1 Å². The highest BCUT2D eigenvalue weighted by Crippen LogP contribution is 2.37. The summed E-state index contributed by atoms with van der Waals surface area (Å²) in [6.07, 6.45) is -3.57. The van der Waals surface area contributed by atoms with E-state index in [2.05, 4.69) is 5.32 Å². The average molecular weight is 435 g/mol. The van der Waals surface area contributed by atoms with E-state index in [1.807, 2.05) is 0 Å². The van der Waals surface area contributed by atoms with Gasteiger partial charge in [-0.05, 0) is 31.4 Å². The minimum absolute atomic E-state index is 0.0496. The Labute approximate surface area is 165 Å². The van der Waals surface area contributed by atoms with E-state index in [9.17, 15) is 36.5 Å². The molecule has 160 valence electrons. The van der Waals surface area contributed by atoms with E-state index in [1.54, 1.807) is 4.90 Å². The molecule has 2 aliphatic rings. The Kier molecular flexibility index (Phi) is 5.74. The molecule has 2 heterocycles. The van der Waals surface area contributed by atoms with Crippen LogP contribution < -0.4 is 10.2 Å². The molecule has 8 nitrogen and oxygen atoms in total. The number of carbonyl (C=O) groups excluding carboxylic acids is 1. The molecule has 0 bridgehead atoms. The van der Waals surface area contributed by atoms with Crippen molar-refractivity contribution >= 4 is 27.1 Å². The van der Waals surface area contributed by atoms with Crippen LogP contribution in [0, 0.1) is 16.0 Å². The molecule has 0 spiro atoms. The maximum Gasteiger partial charge on any atom is 0.416 e. The third kappa shape index (κ3) is 4.98. The minimum Gasteiger partial charge on any atom is -0.366 e. The molecule has 1 aromatic carbocycles. The maximum atomic E-state index is 12.8. The van der Waals surface area contributed by atoms with Crippen molar-refractivity contribution in [3.8, 4) is 0 Å². The molecule has 1 aromatic rings. The predicted octanol–water partition coefficient (Wildman–Crippen LogP) is 2.13. The number of nitrogens with one attached hydrogen (secondary N) is 1. The fraction of sp³-hybridized carbons (Fsp3) is 0.588. The summed E-state index contributed by atoms with van der Waals surface area (Å²) in [5.74, 6) is -0.653. The van der Waals surface area contributed by atoms with Crippen molar-refractivity contribution in [3.05, 3.63) is 33.9 Å². The predicted molar refractivity (Wildman–Crippen MR) is 98.2 cm³/mol. The molecule has 1 unspecified atom stereocenters. The first-order valence-corrected chi connectivity index (χ1v) is 10.9. The number of hydrogen-bond donors (Lipinski definition) is 1. The SMILES string of the molecule is O=C(NC1CCS(=O)(=O)C1)C1CCN(c2ccc(C(F)(F)F)cc2[N+](=O)[O-])CC1. The zero-order valence-corrected chi connectivity index (χ0v) is 16.1. The summed E-state index contributed by atoms with van der Waals surface area (Å²) >= 11 is 0. The van der Waals surface area contributed by atoms with Crippen molar-refractivity contribution in [1.29, 1.82) is 0 Å². The summed E-state index contributed by atoms with van der Waals surface area (Å²) in [6, 6.07) is 2.02. The van der Waals surface area contributed by atoms with E-state index in [4.69, 9.17) is 0 Å². The number of alkyl halides is 3. The molecule has 0 aromatic heterocycles. The van der Waals surface area contributed by atoms with Crippen molar-refractivity contribution in [1.82, 2.24) is 5.32 Å². The molecule has 0 radical (unpaired) electrons. The van der Waals surface area contributed by atoms with Crippen LogP contribution in [0.15, 0.2) is 18.2 Å². The van der Waals surface area contributed by atoms with E-state index in [1.165, 1.54) is 0 Å². The highest BCUT2D eigenvalue weighted by molar-refractivity contribution is 7.91. The highest BCUT2D eigenvalue weighted by Gasteiger charge is 2.35. The van der Waals surface area contributed by atoms with E-state index >= 15 is 0 Å². The second-order valence-corrected chi connectivity index (χ2v) is 9.56. The molecule has 12 heteroatoms. The first kappa shape index (κ1) is 21.3. The van der Waals surface area contributed by atoms with Gasteiger partial charge in [0.1, 0.15) is 5.69 Å². The van der Waals surface area contributed by atoms with Crippen LogP contribution in [-0.4, -0.2) is 49.9 Å². The molecular weight excluding hydrogens is 415 g/mol. The van der Waals surface area contributed by atoms with Crippen LogP contribution in [0.3, 0.4) is 0 Å². The van der Waals surface area contributed by atoms with Gasteiger partial charge in [-0.1, -0.05) is 0 Å². The van der Waals surface area contributed by atoms with Crippen molar-refractivity contribution < 1.29 is 31.3 Å². The van der Waals surface area contributed by atoms with Gasteiger partial charge in [-0.3, -0.25) is 14.9 Å². The van der Waals surface area contributed by atoms with Crippen LogP contribution in [-0.2, 0) is 20.8 Å². The Morgan fingerprint density at radius 1 is 1.21 bits per heavy atom. The number of nitro groups is 1. The van der Waals surface area contributed by atoms with Crippen LogP contribution in [0.4, 0.5) is 24.5 Å². The Morgan fingerprint density at radius 2 is 1.86 bits per heavy atom. The molecule has 0 aliphatic carbocycles. The lowest BCUT2D eigenvalue weighted by Crippen LogP contribution is -2.44. The lowest BCUT2D eigenvalue weighted by molar-refractivity contribution is -0.384. The topological polar surface area (TPSA) is 110 Å². The number of anilines is 1. The second-order valence-electron chi connectivity index (χ2n) is 7.33. The molecule has 1 N–H and O–H groups in total. The Hall–Kier alpha value is -2.37. The van der Waals surface area contributed by atoms with E-state index in [-0.39, 0.29) is 42.1 Å². The third-order valence-corrected chi connectivity index (χ3v) is 7.05. The number of nitro benzene ring substituents is 1. The number of benzene rings is 1. The monoisotopic (exact) mass is 435 g/mol. The fourth-order valence-electron chi connectivity index (χ4n) is 3.72. The van der Waals surface area contributed by atoms with Gasteiger partial charge < -0.3 is 10.2 Å². The summed E-state index contributed by atoms with van der Waals surface area (Å²) in [4.78, 5) is 24.4. The first-order valence-electron chi connectivity index (χ1n) is 9.07. The molecule has 2 saturated heterocycles. The summed E-state index contributed by atoms with van der Waals surface area (Å²) in [5.41, 5.74) is -1.63. The molecule has 2 fully saturated rings. The quantitative estimate of drug-likeness (QED) is 0.573. The molecule has 3 rings (SSSR count). The summed E-state index contributed by atoms with van der Waals surface area (Å²) < 4.78 is 61.5. The molecule has 0 saturated carbocycles. The van der Waals surface area contributed by atoms with Gasteiger partial charge in [0.25, 0.3) is 5.69 Å². The van der Waals surface area contributed by atoms with Crippen LogP contribution in [0.2, 0.25) is 0 Å². The molecular formula is C17H20F3N3O5S. The molecule has 29 heavy (non-hydrogen) atoms. The number of carbonyl (C=O) groups is 1. The van der Waals surface area contributed by atoms with E-state index in [0.29, 0.717) is 25.3 Å². The molecule has 1 atom stereocenters. The zero-order valence-electron chi connectivity index (χ0n) is 15.3. The number of amides is 1. The largest absolute Gasteiger partial charge is 0.416 e. The van der Waals surface area contributed by atoms with Gasteiger partial charge in [0, 0.05) is 31.1 Å². The highest BCUT2D eigenvalue weighted by atomic mass is 32.2. The Balaban J connectivity index is 1.64. The number of hydrogen-bond acceptors (Lipinski definition) is 6. The van der Waals surface area contributed by atoms with E-state index < -0.39 is 38.2 Å². The number of halogens is 3. The summed E-state index contributed by atoms with van der Waals surface area (Å²) in [6.45, 7) is 0.542. The third-order valence-electron chi connectivity index (χ3n) is 5.28. The maximum absolute atomic E-state index is 12.8. The van der Waals surface area contributed by atoms with Crippen LogP contribution in [0.25, 0.3) is 0 Å². The summed E-state index contributed by atoms with van der Waals surface area (Å²) in [7, 11) is -3.11. The van der Waals surface area contributed by atoms with Crippen molar-refractivity contribution in [2.24, 2.45) is 5.92 Å². The lowest BCUT2D eigenvalue weighted by atomic mass is 9.95. The van der Waals surface area contributed by atoms with Crippen LogP contribution in [0.5, 0.6) is 0 Å². The Bertz CT molecular complexity index is 911. The van der Waals surface area contributed by atoms with Gasteiger partial charge in [0.2, 0.25) is 5.91 Å². The van der Waals surface area contributed by atoms with Crippen molar-refractivity contribution in [2.75, 3.05) is 29.5 Å². The first-order chi connectivity index (χ1) is 13.5. The van der Waals surface area contributed by atoms with Gasteiger partial charge >= 0.3 is 6.18 Å². The Morgan fingerprint density at radius 3 is 2.38 bits per heavy atom. The van der Waals surface area contributed by atoms with Crippen LogP contribution >= 0.6 is 0 Å². The van der Waals surface area contributed by atoms with Gasteiger partial charge in [0.15, 0.2) is 9.84 Å². The molecule has 2 aliphatic heterocycles. The van der Waals surface area contributed by atoms with Gasteiger partial charge in [-0.25, -0.2) is 8.42 Å². The number of nitrogens with zero attached hydrogens (tertiary/aromatic N) is 2. The normalized spacial score (nSPS) is 22.4. The smallest absolute Gasteiger partial charge is 0.366 e. The number of rotatable bonds is 4. The van der Waals surface area contributed by atoms with Gasteiger partial charge in [0.05, 0.1) is 22.0 Å². The fourth-order valence-corrected chi connectivity index (χ4v) is 5.40. The number of piperidine rings is 1. The molecule has 1 amide bonds.